The van der Waals surface area contributed by atoms with Crippen molar-refractivity contribution in [2.45, 2.75) is 44.6 Å². The predicted octanol–water partition coefficient (Wildman–Crippen LogP) is 3.61. The number of hydrogen-bond donors (Lipinski definition) is 1. The number of ether oxygens (including phenoxy) is 1. The van der Waals surface area contributed by atoms with Gasteiger partial charge in [0.2, 0.25) is 10.0 Å². The van der Waals surface area contributed by atoms with Crippen LogP contribution in [-0.2, 0) is 26.0 Å². The summed E-state index contributed by atoms with van der Waals surface area (Å²) in [5.74, 6) is -1.63. The Balaban J connectivity index is 2.17. The maximum Gasteiger partial charge on any atom is 0.311 e. The molecule has 0 radical (unpaired) electrons. The first-order chi connectivity index (χ1) is 13.0. The quantitative estimate of drug-likeness (QED) is 0.712. The molecular formula is C21H26FNO4S. The molecule has 2 aromatic rings. The first-order valence-corrected chi connectivity index (χ1v) is 10.5. The summed E-state index contributed by atoms with van der Waals surface area (Å²) in [6, 6.07) is 12.2. The number of nitrogens with one attached hydrogen (secondary N) is 1. The van der Waals surface area contributed by atoms with Crippen LogP contribution >= 0.6 is 0 Å². The summed E-state index contributed by atoms with van der Waals surface area (Å²) in [6.45, 7) is 6.98. The topological polar surface area (TPSA) is 72.5 Å². The molecule has 0 aliphatic heterocycles. The second-order valence-electron chi connectivity index (χ2n) is 7.73. The minimum atomic E-state index is -3.77. The zero-order valence-electron chi connectivity index (χ0n) is 16.5. The molecule has 0 saturated carbocycles. The van der Waals surface area contributed by atoms with Crippen LogP contribution in [0.25, 0.3) is 0 Å². The van der Waals surface area contributed by atoms with E-state index >= 15 is 0 Å². The SMILES string of the molecule is Cc1ccc(S(=O)(=O)NC[C@H](Cc2ccc(F)cc2)C(=O)OC(C)(C)C)cc1. The van der Waals surface area contributed by atoms with Crippen molar-refractivity contribution in [2.24, 2.45) is 5.92 Å². The average Bonchev–Trinajstić information content (AvgIpc) is 2.59. The summed E-state index contributed by atoms with van der Waals surface area (Å²) in [7, 11) is -3.77. The number of sulfonamides is 1. The third kappa shape index (κ3) is 6.73. The minimum absolute atomic E-state index is 0.123. The number of rotatable bonds is 7. The molecule has 0 spiro atoms. The van der Waals surface area contributed by atoms with Gasteiger partial charge in [-0.3, -0.25) is 4.79 Å². The Morgan fingerprint density at radius 3 is 2.18 bits per heavy atom. The van der Waals surface area contributed by atoms with Crippen molar-refractivity contribution in [1.29, 1.82) is 0 Å². The maximum atomic E-state index is 13.1. The lowest BCUT2D eigenvalue weighted by Crippen LogP contribution is -2.37. The second-order valence-corrected chi connectivity index (χ2v) is 9.49. The highest BCUT2D eigenvalue weighted by molar-refractivity contribution is 7.89. The first kappa shape index (κ1) is 22.0. The fourth-order valence-electron chi connectivity index (χ4n) is 2.54. The number of aryl methyl sites for hydroxylation is 1. The van der Waals surface area contributed by atoms with Gasteiger partial charge in [-0.2, -0.15) is 0 Å². The smallest absolute Gasteiger partial charge is 0.311 e. The number of halogens is 1. The molecule has 28 heavy (non-hydrogen) atoms. The maximum absolute atomic E-state index is 13.1. The van der Waals surface area contributed by atoms with E-state index in [1.165, 1.54) is 24.3 Å². The zero-order valence-corrected chi connectivity index (χ0v) is 17.3. The van der Waals surface area contributed by atoms with Crippen LogP contribution in [0.4, 0.5) is 4.39 Å². The van der Waals surface area contributed by atoms with Crippen LogP contribution in [0.5, 0.6) is 0 Å². The Hall–Kier alpha value is -2.25. The average molecular weight is 408 g/mol. The number of esters is 1. The number of benzene rings is 2. The summed E-state index contributed by atoms with van der Waals surface area (Å²) in [6.07, 6.45) is 0.228. The van der Waals surface area contributed by atoms with Crippen molar-refractivity contribution < 1.29 is 22.3 Å². The molecule has 0 aliphatic rings. The molecule has 2 rings (SSSR count). The van der Waals surface area contributed by atoms with Crippen molar-refractivity contribution in [3.05, 3.63) is 65.5 Å². The molecule has 2 aromatic carbocycles. The van der Waals surface area contributed by atoms with Crippen molar-refractivity contribution >= 4 is 16.0 Å². The highest BCUT2D eigenvalue weighted by Gasteiger charge is 2.27. The molecule has 0 aliphatic carbocycles. The van der Waals surface area contributed by atoms with Crippen LogP contribution in [-0.4, -0.2) is 26.5 Å². The summed E-state index contributed by atoms with van der Waals surface area (Å²) in [5.41, 5.74) is 0.960. The monoisotopic (exact) mass is 407 g/mol. The van der Waals surface area contributed by atoms with Crippen molar-refractivity contribution in [3.8, 4) is 0 Å². The second kappa shape index (κ2) is 8.84. The van der Waals surface area contributed by atoms with E-state index in [9.17, 15) is 17.6 Å². The van der Waals surface area contributed by atoms with Gasteiger partial charge in [0.05, 0.1) is 10.8 Å². The van der Waals surface area contributed by atoms with Crippen LogP contribution in [0.2, 0.25) is 0 Å². The Bertz CT molecular complexity index is 901. The van der Waals surface area contributed by atoms with E-state index in [4.69, 9.17) is 4.74 Å². The summed E-state index contributed by atoms with van der Waals surface area (Å²) >= 11 is 0. The van der Waals surface area contributed by atoms with Gasteiger partial charge in [0.1, 0.15) is 11.4 Å². The van der Waals surface area contributed by atoms with Crippen molar-refractivity contribution in [2.75, 3.05) is 6.54 Å². The van der Waals surface area contributed by atoms with Crippen molar-refractivity contribution in [3.63, 3.8) is 0 Å². The Kier molecular flexibility index (Phi) is 6.96. The van der Waals surface area contributed by atoms with Crippen LogP contribution in [0.3, 0.4) is 0 Å². The van der Waals surface area contributed by atoms with E-state index in [0.717, 1.165) is 5.56 Å². The molecule has 0 bridgehead atoms. The lowest BCUT2D eigenvalue weighted by atomic mass is 9.99. The summed E-state index contributed by atoms with van der Waals surface area (Å²) < 4.78 is 46.1. The van der Waals surface area contributed by atoms with Crippen LogP contribution < -0.4 is 4.72 Å². The molecule has 1 N–H and O–H groups in total. The van der Waals surface area contributed by atoms with E-state index in [0.29, 0.717) is 5.56 Å². The largest absolute Gasteiger partial charge is 0.460 e. The molecule has 7 heteroatoms. The standard InChI is InChI=1S/C21H26FNO4S/c1-15-5-11-19(12-6-15)28(25,26)23-14-17(20(24)27-21(2,3)4)13-16-7-9-18(22)10-8-16/h5-12,17,23H,13-14H2,1-4H3/t17-/m0/s1. The van der Waals surface area contributed by atoms with Crippen LogP contribution in [0.1, 0.15) is 31.9 Å². The lowest BCUT2D eigenvalue weighted by molar-refractivity contribution is -0.159. The van der Waals surface area contributed by atoms with Gasteiger partial charge in [-0.25, -0.2) is 17.5 Å². The normalized spacial score (nSPS) is 13.2. The van der Waals surface area contributed by atoms with Crippen LogP contribution in [0.15, 0.2) is 53.4 Å². The van der Waals surface area contributed by atoms with Gasteiger partial charge in [-0.05, 0) is 63.9 Å². The van der Waals surface area contributed by atoms with Gasteiger partial charge in [-0.1, -0.05) is 29.8 Å². The number of hydrogen-bond acceptors (Lipinski definition) is 4. The molecule has 0 heterocycles. The highest BCUT2D eigenvalue weighted by Crippen LogP contribution is 2.17. The van der Waals surface area contributed by atoms with E-state index in [1.807, 2.05) is 6.92 Å². The van der Waals surface area contributed by atoms with E-state index in [2.05, 4.69) is 4.72 Å². The van der Waals surface area contributed by atoms with Crippen molar-refractivity contribution in [1.82, 2.24) is 4.72 Å². The zero-order chi connectivity index (χ0) is 20.9. The van der Waals surface area contributed by atoms with E-state index < -0.39 is 27.5 Å². The third-order valence-corrected chi connectivity index (χ3v) is 5.43. The molecule has 0 saturated heterocycles. The summed E-state index contributed by atoms with van der Waals surface area (Å²) in [5, 5.41) is 0. The highest BCUT2D eigenvalue weighted by atomic mass is 32.2. The van der Waals surface area contributed by atoms with Gasteiger partial charge in [-0.15, -0.1) is 0 Å². The third-order valence-electron chi connectivity index (χ3n) is 3.99. The number of carbonyl (C=O) groups is 1. The molecule has 1 atom stereocenters. The number of carbonyl (C=O) groups excluding carboxylic acids is 1. The van der Waals surface area contributed by atoms with E-state index in [1.54, 1.807) is 45.0 Å². The summed E-state index contributed by atoms with van der Waals surface area (Å²) in [4.78, 5) is 12.7. The molecular weight excluding hydrogens is 381 g/mol. The fourth-order valence-corrected chi connectivity index (χ4v) is 3.62. The lowest BCUT2D eigenvalue weighted by Gasteiger charge is -2.24. The van der Waals surface area contributed by atoms with Crippen LogP contribution in [0, 0.1) is 18.7 Å². The van der Waals surface area contributed by atoms with E-state index in [-0.39, 0.29) is 23.7 Å². The molecule has 152 valence electrons. The molecule has 0 aromatic heterocycles. The van der Waals surface area contributed by atoms with Gasteiger partial charge in [0.15, 0.2) is 0 Å². The Morgan fingerprint density at radius 1 is 1.07 bits per heavy atom. The minimum Gasteiger partial charge on any atom is -0.460 e. The Morgan fingerprint density at radius 2 is 1.64 bits per heavy atom. The fraction of sp³-hybridized carbons (Fsp3) is 0.381. The van der Waals surface area contributed by atoms with Gasteiger partial charge < -0.3 is 4.74 Å². The molecule has 0 unspecified atom stereocenters. The molecule has 5 nitrogen and oxygen atoms in total. The van der Waals surface area contributed by atoms with Gasteiger partial charge in [0, 0.05) is 6.54 Å². The van der Waals surface area contributed by atoms with Gasteiger partial charge in [0.25, 0.3) is 0 Å². The molecule has 0 fully saturated rings. The first-order valence-electron chi connectivity index (χ1n) is 9.00. The van der Waals surface area contributed by atoms with Gasteiger partial charge >= 0.3 is 5.97 Å². The predicted molar refractivity (Wildman–Crippen MR) is 106 cm³/mol. The molecule has 0 amide bonds. The Labute approximate surface area is 166 Å².